The second-order valence-corrected chi connectivity index (χ2v) is 4.46. The van der Waals surface area contributed by atoms with Gasteiger partial charge in [-0.3, -0.25) is 4.79 Å². The second kappa shape index (κ2) is 7.14. The minimum Gasteiger partial charge on any atom is -0.494 e. The third-order valence-corrected chi connectivity index (χ3v) is 3.18. The number of benzene rings is 1. The van der Waals surface area contributed by atoms with Crippen molar-refractivity contribution < 1.29 is 23.7 Å². The number of hydrogen-bond acceptors (Lipinski definition) is 6. The summed E-state index contributed by atoms with van der Waals surface area (Å²) in [5.74, 6) is 1.30. The van der Waals surface area contributed by atoms with E-state index in [1.165, 1.54) is 21.3 Å². The van der Waals surface area contributed by atoms with Gasteiger partial charge in [0.05, 0.1) is 33.6 Å². The first-order valence-electron chi connectivity index (χ1n) is 6.62. The van der Waals surface area contributed by atoms with Crippen molar-refractivity contribution in [2.75, 3.05) is 46.3 Å². The first kappa shape index (κ1) is 15.4. The van der Waals surface area contributed by atoms with Crippen LogP contribution in [0.15, 0.2) is 12.1 Å². The number of carbonyl (C=O) groups excluding carboxylic acids is 1. The number of anilines is 1. The maximum absolute atomic E-state index is 12.2. The smallest absolute Gasteiger partial charge is 0.254 e. The van der Waals surface area contributed by atoms with E-state index in [1.807, 2.05) is 0 Å². The second-order valence-electron chi connectivity index (χ2n) is 4.46. The van der Waals surface area contributed by atoms with E-state index in [1.54, 1.807) is 12.1 Å². The lowest BCUT2D eigenvalue weighted by Gasteiger charge is -2.23. The molecule has 21 heavy (non-hydrogen) atoms. The topological polar surface area (TPSA) is 78.0 Å². The van der Waals surface area contributed by atoms with Crippen molar-refractivity contribution >= 4 is 11.6 Å². The molecule has 1 fully saturated rings. The van der Waals surface area contributed by atoms with Crippen molar-refractivity contribution in [1.29, 1.82) is 0 Å². The van der Waals surface area contributed by atoms with Crippen molar-refractivity contribution in [3.05, 3.63) is 12.1 Å². The van der Waals surface area contributed by atoms with Crippen LogP contribution < -0.4 is 24.8 Å². The molecule has 0 bridgehead atoms. The maximum Gasteiger partial charge on any atom is 0.254 e. The number of amides is 1. The molecule has 7 nitrogen and oxygen atoms in total. The highest BCUT2D eigenvalue weighted by Gasteiger charge is 2.23. The quantitative estimate of drug-likeness (QED) is 0.830. The molecule has 0 aliphatic carbocycles. The largest absolute Gasteiger partial charge is 0.494 e. The zero-order valence-electron chi connectivity index (χ0n) is 12.4. The summed E-state index contributed by atoms with van der Waals surface area (Å²) in [6.07, 6.45) is -0.517. The highest BCUT2D eigenvalue weighted by molar-refractivity contribution is 5.96. The van der Waals surface area contributed by atoms with Crippen LogP contribution in [0.1, 0.15) is 0 Å². The van der Waals surface area contributed by atoms with Crippen LogP contribution in [0.2, 0.25) is 0 Å². The molecule has 1 unspecified atom stereocenters. The summed E-state index contributed by atoms with van der Waals surface area (Å²) < 4.78 is 21.1. The van der Waals surface area contributed by atoms with Gasteiger partial charge in [0.25, 0.3) is 5.91 Å². The van der Waals surface area contributed by atoms with Crippen LogP contribution in [0.25, 0.3) is 0 Å². The molecule has 1 aliphatic rings. The average molecular weight is 296 g/mol. The molecule has 7 heteroatoms. The summed E-state index contributed by atoms with van der Waals surface area (Å²) in [6, 6.07) is 3.32. The summed E-state index contributed by atoms with van der Waals surface area (Å²) in [4.78, 5) is 12.2. The lowest BCUT2D eigenvalue weighted by atomic mass is 10.2. The van der Waals surface area contributed by atoms with Gasteiger partial charge in [0.2, 0.25) is 0 Å². The molecule has 0 spiro atoms. The van der Waals surface area contributed by atoms with Crippen molar-refractivity contribution in [1.82, 2.24) is 5.32 Å². The highest BCUT2D eigenvalue weighted by atomic mass is 16.5. The minimum atomic E-state index is -0.517. The number of rotatable bonds is 5. The van der Waals surface area contributed by atoms with E-state index in [0.717, 1.165) is 6.54 Å². The van der Waals surface area contributed by atoms with E-state index < -0.39 is 6.10 Å². The van der Waals surface area contributed by atoms with Crippen LogP contribution in [0.4, 0.5) is 5.69 Å². The number of carbonyl (C=O) groups is 1. The highest BCUT2D eigenvalue weighted by Crippen LogP contribution is 2.37. The van der Waals surface area contributed by atoms with Crippen LogP contribution in [0.3, 0.4) is 0 Å². The van der Waals surface area contributed by atoms with Gasteiger partial charge in [-0.05, 0) is 0 Å². The summed E-state index contributed by atoms with van der Waals surface area (Å²) >= 11 is 0. The van der Waals surface area contributed by atoms with Crippen LogP contribution in [0.5, 0.6) is 17.2 Å². The standard InChI is InChI=1S/C14H20N2O5/c1-18-10-7-12(20-3)11(19-2)6-9(10)16-14(17)13-8-15-4-5-21-13/h6-7,13,15H,4-5,8H2,1-3H3,(H,16,17). The molecule has 1 atom stereocenters. The van der Waals surface area contributed by atoms with E-state index in [2.05, 4.69) is 10.6 Å². The summed E-state index contributed by atoms with van der Waals surface area (Å²) in [7, 11) is 4.59. The maximum atomic E-state index is 12.2. The molecule has 0 radical (unpaired) electrons. The zero-order valence-corrected chi connectivity index (χ0v) is 12.4. The normalized spacial score (nSPS) is 18.0. The molecule has 116 valence electrons. The van der Waals surface area contributed by atoms with Gasteiger partial charge in [-0.1, -0.05) is 0 Å². The van der Waals surface area contributed by atoms with Crippen LogP contribution >= 0.6 is 0 Å². The Morgan fingerprint density at radius 1 is 1.19 bits per heavy atom. The molecular weight excluding hydrogens is 276 g/mol. The van der Waals surface area contributed by atoms with Crippen molar-refractivity contribution in [2.45, 2.75) is 6.10 Å². The Balaban J connectivity index is 2.19. The Morgan fingerprint density at radius 2 is 1.86 bits per heavy atom. The van der Waals surface area contributed by atoms with Crippen molar-refractivity contribution in [3.8, 4) is 17.2 Å². The average Bonchev–Trinajstić information content (AvgIpc) is 2.55. The first-order chi connectivity index (χ1) is 10.2. The number of ether oxygens (including phenoxy) is 4. The SMILES string of the molecule is COc1cc(OC)c(OC)cc1NC(=O)C1CNCCO1. The zero-order chi connectivity index (χ0) is 15.2. The third-order valence-electron chi connectivity index (χ3n) is 3.18. The van der Waals surface area contributed by atoms with Crippen LogP contribution in [-0.2, 0) is 9.53 Å². The fraction of sp³-hybridized carbons (Fsp3) is 0.500. The fourth-order valence-electron chi connectivity index (χ4n) is 2.07. The summed E-state index contributed by atoms with van der Waals surface area (Å²) in [5.41, 5.74) is 0.509. The molecular formula is C14H20N2O5. The van der Waals surface area contributed by atoms with E-state index in [4.69, 9.17) is 18.9 Å². The number of morpholine rings is 1. The van der Waals surface area contributed by atoms with Gasteiger partial charge in [0, 0.05) is 25.2 Å². The van der Waals surface area contributed by atoms with Crippen molar-refractivity contribution in [2.24, 2.45) is 0 Å². The van der Waals surface area contributed by atoms with E-state index in [-0.39, 0.29) is 5.91 Å². The number of methoxy groups -OCH3 is 3. The van der Waals surface area contributed by atoms with Gasteiger partial charge in [0.1, 0.15) is 11.9 Å². The number of hydrogen-bond donors (Lipinski definition) is 2. The molecule has 1 aromatic rings. The molecule has 2 N–H and O–H groups in total. The molecule has 0 saturated carbocycles. The summed E-state index contributed by atoms with van der Waals surface area (Å²) in [5, 5.41) is 5.90. The Labute approximate surface area is 123 Å². The predicted octanol–water partition coefficient (Wildman–Crippen LogP) is 0.639. The van der Waals surface area contributed by atoms with Gasteiger partial charge in [0.15, 0.2) is 11.5 Å². The minimum absolute atomic E-state index is 0.229. The van der Waals surface area contributed by atoms with Crippen LogP contribution in [-0.4, -0.2) is 53.0 Å². The van der Waals surface area contributed by atoms with E-state index >= 15 is 0 Å². The van der Waals surface area contributed by atoms with Gasteiger partial charge in [-0.15, -0.1) is 0 Å². The first-order valence-corrected chi connectivity index (χ1v) is 6.62. The van der Waals surface area contributed by atoms with Crippen LogP contribution in [0, 0.1) is 0 Å². The van der Waals surface area contributed by atoms with E-state index in [9.17, 15) is 4.79 Å². The monoisotopic (exact) mass is 296 g/mol. The lowest BCUT2D eigenvalue weighted by molar-refractivity contribution is -0.128. The molecule has 1 aliphatic heterocycles. The Bertz CT molecular complexity index is 500. The third kappa shape index (κ3) is 3.56. The van der Waals surface area contributed by atoms with Gasteiger partial charge < -0.3 is 29.6 Å². The Morgan fingerprint density at radius 3 is 2.43 bits per heavy atom. The Hall–Kier alpha value is -1.99. The Kier molecular flexibility index (Phi) is 5.24. The van der Waals surface area contributed by atoms with Gasteiger partial charge in [-0.2, -0.15) is 0 Å². The molecule has 1 amide bonds. The van der Waals surface area contributed by atoms with Crippen molar-refractivity contribution in [3.63, 3.8) is 0 Å². The van der Waals surface area contributed by atoms with E-state index in [0.29, 0.717) is 36.1 Å². The molecule has 1 heterocycles. The summed E-state index contributed by atoms with van der Waals surface area (Å²) in [6.45, 7) is 1.76. The molecule has 1 saturated heterocycles. The van der Waals surface area contributed by atoms with Gasteiger partial charge in [-0.25, -0.2) is 0 Å². The van der Waals surface area contributed by atoms with Gasteiger partial charge >= 0.3 is 0 Å². The number of nitrogens with one attached hydrogen (secondary N) is 2. The molecule has 0 aromatic heterocycles. The molecule has 1 aromatic carbocycles. The molecule has 2 rings (SSSR count). The lowest BCUT2D eigenvalue weighted by Crippen LogP contribution is -2.45. The predicted molar refractivity (Wildman–Crippen MR) is 77.3 cm³/mol. The fourth-order valence-corrected chi connectivity index (χ4v) is 2.07.